The molecule has 0 N–H and O–H groups in total. The van der Waals surface area contributed by atoms with Crippen molar-refractivity contribution in [3.8, 4) is 0 Å². The molecule has 0 saturated heterocycles. The molecule has 0 unspecified atom stereocenters. The first kappa shape index (κ1) is 8.96. The molecule has 1 fully saturated rings. The molecular weight excluding hydrogens is 188 g/mol. The highest BCUT2D eigenvalue weighted by Gasteiger charge is 2.66. The van der Waals surface area contributed by atoms with Crippen molar-refractivity contribution >= 4 is 5.97 Å². The molecule has 1 aromatic rings. The van der Waals surface area contributed by atoms with E-state index in [1.807, 2.05) is 19.1 Å². The lowest BCUT2D eigenvalue weighted by molar-refractivity contribution is -0.146. The molecule has 2 aliphatic carbocycles. The molecule has 0 spiro atoms. The second kappa shape index (κ2) is 2.84. The van der Waals surface area contributed by atoms with Gasteiger partial charge in [-0.25, -0.2) is 0 Å². The Hall–Kier alpha value is -1.31. The summed E-state index contributed by atoms with van der Waals surface area (Å²) >= 11 is 0. The maximum absolute atomic E-state index is 11.9. The zero-order chi connectivity index (χ0) is 10.5. The van der Waals surface area contributed by atoms with Gasteiger partial charge in [0.1, 0.15) is 0 Å². The average Bonchev–Trinajstić information content (AvgIpc) is 2.88. The zero-order valence-corrected chi connectivity index (χ0v) is 8.82. The van der Waals surface area contributed by atoms with Gasteiger partial charge in [0, 0.05) is 0 Å². The van der Waals surface area contributed by atoms with E-state index in [2.05, 4.69) is 12.1 Å². The second-order valence-electron chi connectivity index (χ2n) is 4.45. The van der Waals surface area contributed by atoms with Crippen molar-refractivity contribution in [1.29, 1.82) is 0 Å². The lowest BCUT2D eigenvalue weighted by Gasteiger charge is -2.13. The third-order valence-corrected chi connectivity index (χ3v) is 3.71. The van der Waals surface area contributed by atoms with Crippen molar-refractivity contribution in [2.45, 2.75) is 25.2 Å². The van der Waals surface area contributed by atoms with Crippen LogP contribution in [0.3, 0.4) is 0 Å². The van der Waals surface area contributed by atoms with Gasteiger partial charge in [0.15, 0.2) is 0 Å². The third-order valence-electron chi connectivity index (χ3n) is 3.71. The lowest BCUT2D eigenvalue weighted by Crippen LogP contribution is -2.23. The molecule has 0 aliphatic heterocycles. The number of carbonyl (C=O) groups is 1. The molecule has 15 heavy (non-hydrogen) atoms. The highest BCUT2D eigenvalue weighted by atomic mass is 16.5. The topological polar surface area (TPSA) is 26.3 Å². The summed E-state index contributed by atoms with van der Waals surface area (Å²) in [5.74, 6) is 0.494. The van der Waals surface area contributed by atoms with Gasteiger partial charge in [0.05, 0.1) is 12.0 Å². The van der Waals surface area contributed by atoms with Crippen LogP contribution >= 0.6 is 0 Å². The third kappa shape index (κ3) is 1.02. The van der Waals surface area contributed by atoms with Crippen LogP contribution in [0.25, 0.3) is 0 Å². The molecular formula is C13H14O2. The number of fused-ring (bicyclic) bond motifs is 3. The molecule has 0 amide bonds. The predicted octanol–water partition coefficient (Wildman–Crippen LogP) is 2.06. The van der Waals surface area contributed by atoms with Crippen molar-refractivity contribution in [2.75, 3.05) is 6.61 Å². The summed E-state index contributed by atoms with van der Waals surface area (Å²) in [6.07, 6.45) is 2.04. The Labute approximate surface area is 89.2 Å². The summed E-state index contributed by atoms with van der Waals surface area (Å²) < 4.78 is 5.19. The maximum atomic E-state index is 11.9. The fraction of sp³-hybridized carbons (Fsp3) is 0.462. The van der Waals surface area contributed by atoms with Gasteiger partial charge >= 0.3 is 5.97 Å². The van der Waals surface area contributed by atoms with Crippen molar-refractivity contribution < 1.29 is 9.53 Å². The van der Waals surface area contributed by atoms with Gasteiger partial charge in [-0.2, -0.15) is 0 Å². The summed E-state index contributed by atoms with van der Waals surface area (Å²) in [5.41, 5.74) is 2.29. The largest absolute Gasteiger partial charge is 0.465 e. The molecule has 3 rings (SSSR count). The van der Waals surface area contributed by atoms with E-state index in [-0.39, 0.29) is 11.4 Å². The fourth-order valence-electron chi connectivity index (χ4n) is 2.92. The van der Waals surface area contributed by atoms with Crippen molar-refractivity contribution in [1.82, 2.24) is 0 Å². The van der Waals surface area contributed by atoms with E-state index < -0.39 is 0 Å². The SMILES string of the molecule is CCOC(=O)[C@@]12C[C@@H]1Cc1ccccc12. The molecule has 1 aromatic carbocycles. The predicted molar refractivity (Wildman–Crippen MR) is 56.6 cm³/mol. The van der Waals surface area contributed by atoms with Crippen LogP contribution in [0, 0.1) is 5.92 Å². The maximum Gasteiger partial charge on any atom is 0.316 e. The highest BCUT2D eigenvalue weighted by molar-refractivity contribution is 5.89. The van der Waals surface area contributed by atoms with E-state index in [0.29, 0.717) is 12.5 Å². The number of benzene rings is 1. The Morgan fingerprint density at radius 1 is 1.53 bits per heavy atom. The zero-order valence-electron chi connectivity index (χ0n) is 8.82. The monoisotopic (exact) mass is 202 g/mol. The average molecular weight is 202 g/mol. The van der Waals surface area contributed by atoms with Crippen LogP contribution in [0.2, 0.25) is 0 Å². The summed E-state index contributed by atoms with van der Waals surface area (Å²) in [7, 11) is 0. The Balaban J connectivity index is 2.00. The Morgan fingerprint density at radius 3 is 3.13 bits per heavy atom. The molecule has 1 saturated carbocycles. The molecule has 2 atom stereocenters. The minimum absolute atomic E-state index is 0.0139. The first-order valence-electron chi connectivity index (χ1n) is 5.54. The molecule has 2 heteroatoms. The summed E-state index contributed by atoms with van der Waals surface area (Å²) in [6.45, 7) is 2.35. The molecule has 0 bridgehead atoms. The molecule has 0 radical (unpaired) electrons. The van der Waals surface area contributed by atoms with Crippen LogP contribution in [0.5, 0.6) is 0 Å². The van der Waals surface area contributed by atoms with Gasteiger partial charge in [-0.1, -0.05) is 24.3 Å². The minimum atomic E-state index is -0.257. The Kier molecular flexibility index (Phi) is 1.70. The van der Waals surface area contributed by atoms with E-state index >= 15 is 0 Å². The van der Waals surface area contributed by atoms with Crippen LogP contribution < -0.4 is 0 Å². The quantitative estimate of drug-likeness (QED) is 0.686. The van der Waals surface area contributed by atoms with Crippen molar-refractivity contribution in [3.63, 3.8) is 0 Å². The lowest BCUT2D eigenvalue weighted by atomic mass is 9.96. The summed E-state index contributed by atoms with van der Waals surface area (Å²) in [4.78, 5) is 11.9. The van der Waals surface area contributed by atoms with Crippen LogP contribution in [-0.2, 0) is 21.4 Å². The summed E-state index contributed by atoms with van der Waals surface area (Å²) in [6, 6.07) is 8.27. The number of carbonyl (C=O) groups excluding carboxylic acids is 1. The number of esters is 1. The number of hydrogen-bond donors (Lipinski definition) is 0. The fourth-order valence-corrected chi connectivity index (χ4v) is 2.92. The standard InChI is InChI=1S/C13H14O2/c1-2-15-12(14)13-8-10(13)7-9-5-3-4-6-11(9)13/h3-6,10H,2,7-8H2,1H3/t10-,13-/m0/s1. The van der Waals surface area contributed by atoms with Crippen LogP contribution in [-0.4, -0.2) is 12.6 Å². The van der Waals surface area contributed by atoms with E-state index in [1.54, 1.807) is 0 Å². The highest BCUT2D eigenvalue weighted by Crippen LogP contribution is 2.62. The Morgan fingerprint density at radius 2 is 2.33 bits per heavy atom. The van der Waals surface area contributed by atoms with E-state index in [1.165, 1.54) is 11.1 Å². The van der Waals surface area contributed by atoms with Gasteiger partial charge < -0.3 is 4.74 Å². The van der Waals surface area contributed by atoms with E-state index in [0.717, 1.165) is 12.8 Å². The Bertz CT molecular complexity index is 424. The van der Waals surface area contributed by atoms with Crippen molar-refractivity contribution in [3.05, 3.63) is 35.4 Å². The first-order valence-corrected chi connectivity index (χ1v) is 5.54. The van der Waals surface area contributed by atoms with Gasteiger partial charge in [0.25, 0.3) is 0 Å². The van der Waals surface area contributed by atoms with Gasteiger partial charge in [0.2, 0.25) is 0 Å². The smallest absolute Gasteiger partial charge is 0.316 e. The second-order valence-corrected chi connectivity index (χ2v) is 4.45. The summed E-state index contributed by atoms with van der Waals surface area (Å²) in [5, 5.41) is 0. The molecule has 0 aromatic heterocycles. The molecule has 2 aliphatic rings. The molecule has 78 valence electrons. The number of ether oxygens (including phenoxy) is 1. The van der Waals surface area contributed by atoms with Crippen LogP contribution in [0.4, 0.5) is 0 Å². The van der Waals surface area contributed by atoms with Crippen LogP contribution in [0.15, 0.2) is 24.3 Å². The van der Waals surface area contributed by atoms with Crippen LogP contribution in [0.1, 0.15) is 24.5 Å². The van der Waals surface area contributed by atoms with Gasteiger partial charge in [-0.3, -0.25) is 4.79 Å². The first-order chi connectivity index (χ1) is 7.29. The normalized spacial score (nSPS) is 30.6. The molecule has 2 nitrogen and oxygen atoms in total. The van der Waals surface area contributed by atoms with E-state index in [9.17, 15) is 4.79 Å². The van der Waals surface area contributed by atoms with Crippen molar-refractivity contribution in [2.24, 2.45) is 5.92 Å². The van der Waals surface area contributed by atoms with Gasteiger partial charge in [-0.15, -0.1) is 0 Å². The number of hydrogen-bond acceptors (Lipinski definition) is 2. The minimum Gasteiger partial charge on any atom is -0.465 e. The van der Waals surface area contributed by atoms with E-state index in [4.69, 9.17) is 4.74 Å². The molecule has 0 heterocycles. The van der Waals surface area contributed by atoms with Gasteiger partial charge in [-0.05, 0) is 36.8 Å². The number of rotatable bonds is 2.